The third kappa shape index (κ3) is 8.69. The summed E-state index contributed by atoms with van der Waals surface area (Å²) in [5, 5.41) is 5.86. The number of carbonyl (C=O) groups is 2. The van der Waals surface area contributed by atoms with Gasteiger partial charge < -0.3 is 24.8 Å². The standard InChI is InChI=1S/C39H28F4N4O5/c1-2-50-29-8-3-6-25(20-29)24-11-14-28(15-12-24)46-36-32(10-5-18-45-36)38(49)51-37(48)31-17-19-44-23-35(31)47-34-16-13-27(22-33(34)40)26-7-4-9-30(21-26)52-39(41,42)43/h3-23,47H,2H2,1H3,(H,45,46). The molecule has 0 unspecified atom stereocenters. The molecule has 0 radical (unpaired) electrons. The SMILES string of the molecule is CCOc1cccc(-c2ccc(Nc3ncccc3C(=O)OC(=O)c3ccncc3Nc3ccc(-c4cccc(OC(F)(F)F)c4)cc3F)cc2)c1. The van der Waals surface area contributed by atoms with Crippen LogP contribution in [0.2, 0.25) is 0 Å². The number of aromatic nitrogens is 2. The first-order chi connectivity index (χ1) is 25.1. The summed E-state index contributed by atoms with van der Waals surface area (Å²) >= 11 is 0. The van der Waals surface area contributed by atoms with Crippen LogP contribution in [-0.4, -0.2) is 34.9 Å². The summed E-state index contributed by atoms with van der Waals surface area (Å²) in [6.07, 6.45) is -0.851. The number of nitrogens with zero attached hydrogens (tertiary/aromatic N) is 2. The maximum absolute atomic E-state index is 15.3. The van der Waals surface area contributed by atoms with Gasteiger partial charge in [0.25, 0.3) is 0 Å². The summed E-state index contributed by atoms with van der Waals surface area (Å²) in [5.74, 6) is -2.35. The second-order valence-electron chi connectivity index (χ2n) is 11.1. The number of hydrogen-bond acceptors (Lipinski definition) is 9. The maximum Gasteiger partial charge on any atom is 0.573 e. The zero-order chi connectivity index (χ0) is 36.7. The number of rotatable bonds is 11. The van der Waals surface area contributed by atoms with Crippen molar-refractivity contribution in [3.8, 4) is 33.8 Å². The molecule has 2 heterocycles. The van der Waals surface area contributed by atoms with Gasteiger partial charge in [0.15, 0.2) is 0 Å². The largest absolute Gasteiger partial charge is 0.573 e. The van der Waals surface area contributed by atoms with E-state index in [0.29, 0.717) is 12.3 Å². The first-order valence-electron chi connectivity index (χ1n) is 15.7. The van der Waals surface area contributed by atoms with E-state index < -0.39 is 29.9 Å². The lowest BCUT2D eigenvalue weighted by molar-refractivity contribution is -0.274. The smallest absolute Gasteiger partial charge is 0.494 e. The molecule has 6 aromatic rings. The third-order valence-corrected chi connectivity index (χ3v) is 7.52. The molecule has 2 aromatic heterocycles. The fourth-order valence-electron chi connectivity index (χ4n) is 5.16. The quantitative estimate of drug-likeness (QED) is 0.0772. The van der Waals surface area contributed by atoms with Crippen LogP contribution in [0.15, 0.2) is 128 Å². The maximum atomic E-state index is 15.3. The number of ether oxygens (including phenoxy) is 3. The van der Waals surface area contributed by atoms with Crippen LogP contribution in [0.25, 0.3) is 22.3 Å². The zero-order valence-electron chi connectivity index (χ0n) is 27.3. The molecular weight excluding hydrogens is 680 g/mol. The normalized spacial score (nSPS) is 11.0. The van der Waals surface area contributed by atoms with Gasteiger partial charge in [0, 0.05) is 18.1 Å². The van der Waals surface area contributed by atoms with Crippen molar-refractivity contribution in [2.24, 2.45) is 0 Å². The van der Waals surface area contributed by atoms with Crippen molar-refractivity contribution in [1.29, 1.82) is 0 Å². The number of alkyl halides is 3. The van der Waals surface area contributed by atoms with Gasteiger partial charge in [-0.25, -0.2) is 19.0 Å². The van der Waals surface area contributed by atoms with E-state index in [-0.39, 0.29) is 39.4 Å². The predicted octanol–water partition coefficient (Wildman–Crippen LogP) is 9.73. The highest BCUT2D eigenvalue weighted by Crippen LogP contribution is 2.32. The number of halogens is 4. The Morgan fingerprint density at radius 1 is 0.692 bits per heavy atom. The van der Waals surface area contributed by atoms with E-state index in [1.54, 1.807) is 0 Å². The monoisotopic (exact) mass is 708 g/mol. The molecule has 6 rings (SSSR count). The number of esters is 2. The van der Waals surface area contributed by atoms with Gasteiger partial charge in [-0.05, 0) is 95.9 Å². The molecule has 0 spiro atoms. The third-order valence-electron chi connectivity index (χ3n) is 7.52. The Bertz CT molecular complexity index is 2230. The first-order valence-corrected chi connectivity index (χ1v) is 15.7. The Labute approximate surface area is 294 Å². The first kappa shape index (κ1) is 35.1. The fourth-order valence-corrected chi connectivity index (χ4v) is 5.16. The molecule has 0 fully saturated rings. The van der Waals surface area contributed by atoms with Crippen LogP contribution >= 0.6 is 0 Å². The molecule has 0 aliphatic rings. The molecule has 13 heteroatoms. The highest BCUT2D eigenvalue weighted by Gasteiger charge is 2.31. The van der Waals surface area contributed by atoms with E-state index in [9.17, 15) is 22.8 Å². The molecule has 52 heavy (non-hydrogen) atoms. The minimum Gasteiger partial charge on any atom is -0.494 e. The summed E-state index contributed by atoms with van der Waals surface area (Å²) in [4.78, 5) is 34.8. The van der Waals surface area contributed by atoms with Crippen molar-refractivity contribution >= 4 is 34.8 Å². The van der Waals surface area contributed by atoms with Crippen LogP contribution < -0.4 is 20.1 Å². The average molecular weight is 709 g/mol. The molecule has 9 nitrogen and oxygen atoms in total. The van der Waals surface area contributed by atoms with E-state index in [1.165, 1.54) is 61.1 Å². The van der Waals surface area contributed by atoms with Crippen LogP contribution in [0.5, 0.6) is 11.5 Å². The molecule has 0 aliphatic heterocycles. The molecule has 4 aromatic carbocycles. The van der Waals surface area contributed by atoms with Gasteiger partial charge >= 0.3 is 18.3 Å². The average Bonchev–Trinajstić information content (AvgIpc) is 3.13. The zero-order valence-corrected chi connectivity index (χ0v) is 27.3. The molecule has 0 atom stereocenters. The summed E-state index contributed by atoms with van der Waals surface area (Å²) in [7, 11) is 0. The van der Waals surface area contributed by atoms with Gasteiger partial charge in [-0.1, -0.05) is 42.5 Å². The van der Waals surface area contributed by atoms with Gasteiger partial charge in [0.05, 0.1) is 29.7 Å². The lowest BCUT2D eigenvalue weighted by Gasteiger charge is -2.14. The van der Waals surface area contributed by atoms with Crippen molar-refractivity contribution in [2.45, 2.75) is 13.3 Å². The van der Waals surface area contributed by atoms with Gasteiger partial charge in [0.2, 0.25) is 0 Å². The van der Waals surface area contributed by atoms with Gasteiger partial charge in [0.1, 0.15) is 28.7 Å². The Kier molecular flexibility index (Phi) is 10.4. The van der Waals surface area contributed by atoms with Crippen molar-refractivity contribution in [2.75, 3.05) is 17.2 Å². The fraction of sp³-hybridized carbons (Fsp3) is 0.0769. The Morgan fingerprint density at radius 2 is 1.37 bits per heavy atom. The highest BCUT2D eigenvalue weighted by molar-refractivity contribution is 6.07. The van der Waals surface area contributed by atoms with Gasteiger partial charge in [-0.3, -0.25) is 4.98 Å². The molecular formula is C39H28F4N4O5. The summed E-state index contributed by atoms with van der Waals surface area (Å²) in [5.41, 5.74) is 2.91. The number of carbonyl (C=O) groups excluding carboxylic acids is 2. The van der Waals surface area contributed by atoms with Crippen molar-refractivity contribution in [1.82, 2.24) is 9.97 Å². The van der Waals surface area contributed by atoms with Crippen LogP contribution in [0.3, 0.4) is 0 Å². The van der Waals surface area contributed by atoms with E-state index >= 15 is 4.39 Å². The van der Waals surface area contributed by atoms with Crippen LogP contribution in [0.1, 0.15) is 27.6 Å². The topological polar surface area (TPSA) is 112 Å². The van der Waals surface area contributed by atoms with Crippen molar-refractivity contribution in [3.05, 3.63) is 145 Å². The van der Waals surface area contributed by atoms with Crippen LogP contribution in [0.4, 0.5) is 40.4 Å². The molecule has 2 N–H and O–H groups in total. The Hall–Kier alpha value is -6.76. The molecule has 0 bridgehead atoms. The Balaban J connectivity index is 1.14. The van der Waals surface area contributed by atoms with Crippen LogP contribution in [-0.2, 0) is 4.74 Å². The minimum absolute atomic E-state index is 0.0146. The predicted molar refractivity (Wildman–Crippen MR) is 186 cm³/mol. The second-order valence-corrected chi connectivity index (χ2v) is 11.1. The highest BCUT2D eigenvalue weighted by atomic mass is 19.4. The number of pyridine rings is 2. The van der Waals surface area contributed by atoms with Gasteiger partial charge in [-0.15, -0.1) is 13.2 Å². The van der Waals surface area contributed by atoms with E-state index in [2.05, 4.69) is 25.3 Å². The molecule has 0 amide bonds. The number of nitrogens with one attached hydrogen (secondary N) is 2. The van der Waals surface area contributed by atoms with Crippen molar-refractivity contribution in [3.63, 3.8) is 0 Å². The van der Waals surface area contributed by atoms with Crippen LogP contribution in [0, 0.1) is 5.82 Å². The molecule has 0 saturated carbocycles. The van der Waals surface area contributed by atoms with Gasteiger partial charge in [-0.2, -0.15) is 0 Å². The summed E-state index contributed by atoms with van der Waals surface area (Å²) in [6.45, 7) is 2.47. The van der Waals surface area contributed by atoms with Crippen molar-refractivity contribution < 1.29 is 41.4 Å². The lowest BCUT2D eigenvalue weighted by Crippen LogP contribution is -2.17. The number of benzene rings is 4. The Morgan fingerprint density at radius 3 is 2.10 bits per heavy atom. The lowest BCUT2D eigenvalue weighted by atomic mass is 10.0. The summed E-state index contributed by atoms with van der Waals surface area (Å²) < 4.78 is 68.0. The van der Waals surface area contributed by atoms with E-state index in [0.717, 1.165) is 35.1 Å². The minimum atomic E-state index is -4.88. The summed E-state index contributed by atoms with van der Waals surface area (Å²) in [6, 6.07) is 28.4. The van der Waals surface area contributed by atoms with E-state index in [1.807, 2.05) is 55.5 Å². The molecule has 0 saturated heterocycles. The number of hydrogen-bond donors (Lipinski definition) is 2. The van der Waals surface area contributed by atoms with E-state index in [4.69, 9.17) is 9.47 Å². The number of anilines is 4. The second kappa shape index (κ2) is 15.4. The molecule has 262 valence electrons. The molecule has 0 aliphatic carbocycles.